The number of furan rings is 1. The quantitative estimate of drug-likeness (QED) is 0.644. The fourth-order valence-corrected chi connectivity index (χ4v) is 3.30. The van der Waals surface area contributed by atoms with Gasteiger partial charge in [0.25, 0.3) is 5.91 Å². The van der Waals surface area contributed by atoms with E-state index in [2.05, 4.69) is 5.10 Å². The molecule has 1 aliphatic rings. The third kappa shape index (κ3) is 3.46. The fourth-order valence-electron chi connectivity index (χ4n) is 3.11. The zero-order valence-corrected chi connectivity index (χ0v) is 15.4. The number of nitrogens with zero attached hydrogens (tertiary/aromatic N) is 2. The first-order chi connectivity index (χ1) is 13.2. The molecule has 0 saturated carbocycles. The number of amides is 1. The lowest BCUT2D eigenvalue weighted by molar-refractivity contribution is 0.0693. The summed E-state index contributed by atoms with van der Waals surface area (Å²) in [7, 11) is 1.63. The molecule has 4 rings (SSSR count). The van der Waals surface area contributed by atoms with Crippen molar-refractivity contribution in [1.82, 2.24) is 5.01 Å². The Morgan fingerprint density at radius 1 is 1.19 bits per heavy atom. The van der Waals surface area contributed by atoms with Crippen molar-refractivity contribution in [2.75, 3.05) is 7.11 Å². The number of ether oxygens (including phenoxy) is 1. The monoisotopic (exact) mass is 380 g/mol. The van der Waals surface area contributed by atoms with Crippen LogP contribution in [0.4, 0.5) is 0 Å². The molecular formula is C21H17ClN2O3. The van der Waals surface area contributed by atoms with Crippen LogP contribution in [-0.4, -0.2) is 23.7 Å². The molecule has 2 heterocycles. The minimum atomic E-state index is -0.302. The van der Waals surface area contributed by atoms with Crippen LogP contribution in [0.25, 0.3) is 0 Å². The Kier molecular flexibility index (Phi) is 4.69. The van der Waals surface area contributed by atoms with Gasteiger partial charge >= 0.3 is 0 Å². The first-order valence-electron chi connectivity index (χ1n) is 8.50. The fraction of sp³-hybridized carbons (Fsp3) is 0.143. The van der Waals surface area contributed by atoms with E-state index in [9.17, 15) is 4.79 Å². The lowest BCUT2D eigenvalue weighted by atomic mass is 10.0. The number of halogens is 1. The summed E-state index contributed by atoms with van der Waals surface area (Å²) in [5, 5.41) is 6.60. The van der Waals surface area contributed by atoms with Gasteiger partial charge in [0, 0.05) is 17.0 Å². The Morgan fingerprint density at radius 3 is 2.67 bits per heavy atom. The molecule has 0 spiro atoms. The summed E-state index contributed by atoms with van der Waals surface area (Å²) >= 11 is 6.05. The highest BCUT2D eigenvalue weighted by molar-refractivity contribution is 6.31. The van der Waals surface area contributed by atoms with Gasteiger partial charge in [-0.05, 0) is 60.2 Å². The van der Waals surface area contributed by atoms with E-state index in [0.717, 1.165) is 17.0 Å². The molecule has 136 valence electrons. The molecule has 0 fully saturated rings. The third-order valence-electron chi connectivity index (χ3n) is 4.48. The molecule has 0 radical (unpaired) electrons. The van der Waals surface area contributed by atoms with Crippen molar-refractivity contribution in [3.8, 4) is 5.75 Å². The second kappa shape index (κ2) is 7.29. The van der Waals surface area contributed by atoms with Crippen LogP contribution < -0.4 is 4.74 Å². The van der Waals surface area contributed by atoms with Crippen molar-refractivity contribution in [2.45, 2.75) is 12.5 Å². The van der Waals surface area contributed by atoms with Crippen molar-refractivity contribution in [1.29, 1.82) is 0 Å². The van der Waals surface area contributed by atoms with Gasteiger partial charge in [0.1, 0.15) is 17.6 Å². The highest BCUT2D eigenvalue weighted by atomic mass is 35.5. The van der Waals surface area contributed by atoms with Gasteiger partial charge in [-0.15, -0.1) is 0 Å². The van der Waals surface area contributed by atoms with Gasteiger partial charge in [0.15, 0.2) is 0 Å². The van der Waals surface area contributed by atoms with E-state index in [4.69, 9.17) is 20.8 Å². The molecule has 1 amide bonds. The number of hydrogen-bond acceptors (Lipinski definition) is 4. The Labute approximate surface area is 161 Å². The summed E-state index contributed by atoms with van der Waals surface area (Å²) < 4.78 is 10.8. The number of methoxy groups -OCH3 is 1. The lowest BCUT2D eigenvalue weighted by Gasteiger charge is -2.20. The molecule has 6 heteroatoms. The van der Waals surface area contributed by atoms with Crippen LogP contribution in [-0.2, 0) is 0 Å². The summed E-state index contributed by atoms with van der Waals surface area (Å²) in [4.78, 5) is 13.1. The number of carbonyl (C=O) groups excluding carboxylic acids is 1. The van der Waals surface area contributed by atoms with Gasteiger partial charge in [-0.1, -0.05) is 17.7 Å². The van der Waals surface area contributed by atoms with Crippen molar-refractivity contribution >= 4 is 23.2 Å². The van der Waals surface area contributed by atoms with Gasteiger partial charge < -0.3 is 9.15 Å². The largest absolute Gasteiger partial charge is 0.497 e. The maximum Gasteiger partial charge on any atom is 0.274 e. The average Bonchev–Trinajstić information content (AvgIpc) is 3.37. The SMILES string of the molecule is COc1ccc(C2=NN(C(=O)c3cccc(Cl)c3)[C@H](c3ccco3)C2)cc1. The van der Waals surface area contributed by atoms with E-state index < -0.39 is 0 Å². The summed E-state index contributed by atoms with van der Waals surface area (Å²) in [5.41, 5.74) is 2.24. The zero-order chi connectivity index (χ0) is 18.8. The third-order valence-corrected chi connectivity index (χ3v) is 4.72. The van der Waals surface area contributed by atoms with E-state index in [1.807, 2.05) is 36.4 Å². The number of carbonyl (C=O) groups is 1. The van der Waals surface area contributed by atoms with Crippen LogP contribution in [0.5, 0.6) is 5.75 Å². The van der Waals surface area contributed by atoms with E-state index in [1.165, 1.54) is 5.01 Å². The van der Waals surface area contributed by atoms with Gasteiger partial charge in [-0.3, -0.25) is 4.79 Å². The van der Waals surface area contributed by atoms with Gasteiger partial charge in [-0.25, -0.2) is 5.01 Å². The molecule has 0 unspecified atom stereocenters. The van der Waals surface area contributed by atoms with Gasteiger partial charge in [-0.2, -0.15) is 5.10 Å². The summed E-state index contributed by atoms with van der Waals surface area (Å²) in [6, 6.07) is 17.8. The highest BCUT2D eigenvalue weighted by Gasteiger charge is 2.35. The van der Waals surface area contributed by atoms with Crippen LogP contribution in [0.1, 0.15) is 34.1 Å². The first kappa shape index (κ1) is 17.4. The van der Waals surface area contributed by atoms with Crippen LogP contribution in [0.3, 0.4) is 0 Å². The first-order valence-corrected chi connectivity index (χ1v) is 8.88. The molecule has 0 aliphatic carbocycles. The molecule has 0 N–H and O–H groups in total. The normalized spacial score (nSPS) is 16.3. The van der Waals surface area contributed by atoms with Crippen LogP contribution >= 0.6 is 11.6 Å². The molecule has 5 nitrogen and oxygen atoms in total. The number of rotatable bonds is 4. The minimum Gasteiger partial charge on any atom is -0.497 e. The van der Waals surface area contributed by atoms with Crippen LogP contribution in [0, 0.1) is 0 Å². The second-order valence-corrected chi connectivity index (χ2v) is 6.61. The lowest BCUT2D eigenvalue weighted by Crippen LogP contribution is -2.26. The molecule has 0 saturated heterocycles. The predicted molar refractivity (Wildman–Crippen MR) is 103 cm³/mol. The molecule has 27 heavy (non-hydrogen) atoms. The Hall–Kier alpha value is -3.05. The molecular weight excluding hydrogens is 364 g/mol. The smallest absolute Gasteiger partial charge is 0.274 e. The van der Waals surface area contributed by atoms with Crippen molar-refractivity contribution < 1.29 is 13.9 Å². The minimum absolute atomic E-state index is 0.220. The zero-order valence-electron chi connectivity index (χ0n) is 14.6. The van der Waals surface area contributed by atoms with Crippen LogP contribution in [0.15, 0.2) is 76.4 Å². The Morgan fingerprint density at radius 2 is 2.00 bits per heavy atom. The molecule has 3 aromatic rings. The summed E-state index contributed by atoms with van der Waals surface area (Å²) in [5.74, 6) is 1.24. The molecule has 2 aromatic carbocycles. The van der Waals surface area contributed by atoms with Crippen molar-refractivity contribution in [2.24, 2.45) is 5.10 Å². The van der Waals surface area contributed by atoms with Crippen LogP contribution in [0.2, 0.25) is 5.02 Å². The maximum atomic E-state index is 13.1. The summed E-state index contributed by atoms with van der Waals surface area (Å²) in [6.07, 6.45) is 2.16. The van der Waals surface area contributed by atoms with E-state index >= 15 is 0 Å². The molecule has 1 aliphatic heterocycles. The van der Waals surface area contributed by atoms with Crippen molar-refractivity contribution in [3.05, 3.63) is 88.8 Å². The Bertz CT molecular complexity index is 981. The van der Waals surface area contributed by atoms with Gasteiger partial charge in [0.2, 0.25) is 0 Å². The summed E-state index contributed by atoms with van der Waals surface area (Å²) in [6.45, 7) is 0. The number of hydrogen-bond donors (Lipinski definition) is 0. The van der Waals surface area contributed by atoms with Crippen molar-refractivity contribution in [3.63, 3.8) is 0 Å². The van der Waals surface area contributed by atoms with E-state index in [0.29, 0.717) is 22.8 Å². The second-order valence-electron chi connectivity index (χ2n) is 6.17. The average molecular weight is 381 g/mol. The number of benzene rings is 2. The number of hydrazone groups is 1. The van der Waals surface area contributed by atoms with E-state index in [1.54, 1.807) is 37.6 Å². The highest BCUT2D eigenvalue weighted by Crippen LogP contribution is 2.34. The standard InChI is InChI=1S/C21H17ClN2O3/c1-26-17-9-7-14(8-10-17)18-13-19(20-6-3-11-27-20)24(23-18)21(25)15-4-2-5-16(22)12-15/h2-12,19H,13H2,1H3/t19-/m0/s1. The topological polar surface area (TPSA) is 55.0 Å². The predicted octanol–water partition coefficient (Wildman–Crippen LogP) is 4.93. The van der Waals surface area contributed by atoms with Gasteiger partial charge in [0.05, 0.1) is 19.1 Å². The molecule has 0 bridgehead atoms. The molecule has 1 atom stereocenters. The van der Waals surface area contributed by atoms with E-state index in [-0.39, 0.29) is 11.9 Å². The maximum absolute atomic E-state index is 13.1. The Balaban J connectivity index is 1.70. The molecule has 1 aromatic heterocycles.